The third kappa shape index (κ3) is 3.98. The molecule has 0 aliphatic carbocycles. The number of benzene rings is 1. The quantitative estimate of drug-likeness (QED) is 0.608. The number of hydrogen-bond acceptors (Lipinski definition) is 5. The molecule has 10 heteroatoms. The number of furan rings is 1. The fourth-order valence-electron chi connectivity index (χ4n) is 3.48. The highest BCUT2D eigenvalue weighted by molar-refractivity contribution is 6.01. The van der Waals surface area contributed by atoms with Gasteiger partial charge in [0.25, 0.3) is 11.8 Å². The van der Waals surface area contributed by atoms with Crippen LogP contribution >= 0.6 is 0 Å². The van der Waals surface area contributed by atoms with Crippen LogP contribution in [0.3, 0.4) is 0 Å². The van der Waals surface area contributed by atoms with Gasteiger partial charge in [-0.15, -0.1) is 0 Å². The van der Waals surface area contributed by atoms with Crippen molar-refractivity contribution in [3.63, 3.8) is 0 Å². The Morgan fingerprint density at radius 3 is 2.62 bits per heavy atom. The molecule has 0 fully saturated rings. The average molecular weight is 439 g/mol. The van der Waals surface area contributed by atoms with Gasteiger partial charge in [-0.05, 0) is 36.8 Å². The van der Waals surface area contributed by atoms with Crippen LogP contribution in [0.25, 0.3) is 0 Å². The van der Waals surface area contributed by atoms with E-state index in [0.29, 0.717) is 5.76 Å². The van der Waals surface area contributed by atoms with Gasteiger partial charge in [0.05, 0.1) is 19.4 Å². The van der Waals surface area contributed by atoms with Gasteiger partial charge in [0, 0.05) is 19.7 Å². The highest BCUT2D eigenvalue weighted by Gasteiger charge is 2.46. The highest BCUT2D eigenvalue weighted by Crippen LogP contribution is 2.26. The van der Waals surface area contributed by atoms with Crippen LogP contribution < -0.4 is 10.6 Å². The molecule has 2 N–H and O–H groups in total. The lowest BCUT2D eigenvalue weighted by Crippen LogP contribution is -2.62. The predicted molar refractivity (Wildman–Crippen MR) is 111 cm³/mol. The Labute approximate surface area is 183 Å². The van der Waals surface area contributed by atoms with E-state index in [9.17, 15) is 18.8 Å². The summed E-state index contributed by atoms with van der Waals surface area (Å²) in [7, 11) is 1.53. The second kappa shape index (κ2) is 8.29. The summed E-state index contributed by atoms with van der Waals surface area (Å²) in [5.74, 6) is -1.04. The summed E-state index contributed by atoms with van der Waals surface area (Å²) in [6, 6.07) is 10.6. The number of amides is 3. The van der Waals surface area contributed by atoms with Crippen LogP contribution in [0, 0.1) is 5.82 Å². The van der Waals surface area contributed by atoms with E-state index in [2.05, 4.69) is 15.7 Å². The van der Waals surface area contributed by atoms with Crippen molar-refractivity contribution in [2.24, 2.45) is 0 Å². The van der Waals surface area contributed by atoms with E-state index in [-0.39, 0.29) is 42.7 Å². The molecule has 1 aromatic carbocycles. The van der Waals surface area contributed by atoms with Gasteiger partial charge in [-0.3, -0.25) is 19.1 Å². The van der Waals surface area contributed by atoms with Crippen molar-refractivity contribution in [2.45, 2.75) is 32.1 Å². The van der Waals surface area contributed by atoms with Crippen LogP contribution in [0.4, 0.5) is 4.39 Å². The molecule has 3 aromatic rings. The number of carbonyl (C=O) groups excluding carboxylic acids is 3. The first-order valence-corrected chi connectivity index (χ1v) is 9.97. The maximum Gasteiger partial charge on any atom is 0.272 e. The maximum absolute atomic E-state index is 13.1. The van der Waals surface area contributed by atoms with Crippen molar-refractivity contribution in [2.75, 3.05) is 7.05 Å². The second-order valence-corrected chi connectivity index (χ2v) is 7.78. The molecule has 1 aliphatic rings. The Morgan fingerprint density at radius 2 is 1.94 bits per heavy atom. The lowest BCUT2D eigenvalue weighted by atomic mass is 9.96. The normalized spacial score (nSPS) is 17.7. The van der Waals surface area contributed by atoms with E-state index >= 15 is 0 Å². The van der Waals surface area contributed by atoms with Crippen molar-refractivity contribution in [3.05, 3.63) is 77.3 Å². The predicted octanol–water partition coefficient (Wildman–Crippen LogP) is 1.71. The van der Waals surface area contributed by atoms with E-state index in [0.717, 1.165) is 5.56 Å². The molecule has 1 aliphatic heterocycles. The summed E-state index contributed by atoms with van der Waals surface area (Å²) in [6.07, 6.45) is 1.51. The first-order chi connectivity index (χ1) is 15.3. The number of nitrogens with zero attached hydrogens (tertiary/aromatic N) is 3. The standard InChI is InChI=1S/C22H22FN5O4/c1-22(21(31)25-11-14-5-7-15(23)8-6-14)13-28-18(20(30)27(22)2)10-17(26-28)19(29)24-12-16-4-3-9-32-16/h3-10H,11-13H2,1-2H3,(H,24,29)(H,25,31)/t22-/m1/s1. The Hall–Kier alpha value is -3.95. The van der Waals surface area contributed by atoms with Crippen molar-refractivity contribution in [1.29, 1.82) is 0 Å². The molecular weight excluding hydrogens is 417 g/mol. The first-order valence-electron chi connectivity index (χ1n) is 9.97. The van der Waals surface area contributed by atoms with Crippen LogP contribution in [0.5, 0.6) is 0 Å². The van der Waals surface area contributed by atoms with Crippen LogP contribution in [0.15, 0.2) is 53.1 Å². The minimum absolute atomic E-state index is 0.0734. The number of halogens is 1. The minimum Gasteiger partial charge on any atom is -0.467 e. The van der Waals surface area contributed by atoms with Gasteiger partial charge in [-0.1, -0.05) is 12.1 Å². The number of aromatic nitrogens is 2. The van der Waals surface area contributed by atoms with Gasteiger partial charge in [-0.25, -0.2) is 4.39 Å². The molecule has 9 nitrogen and oxygen atoms in total. The molecule has 1 atom stereocenters. The Kier molecular flexibility index (Phi) is 5.52. The summed E-state index contributed by atoms with van der Waals surface area (Å²) < 4.78 is 19.6. The topological polar surface area (TPSA) is 109 Å². The van der Waals surface area contributed by atoms with Gasteiger partial charge in [0.1, 0.15) is 22.8 Å². The molecule has 2 aromatic heterocycles. The maximum atomic E-state index is 13.1. The van der Waals surface area contributed by atoms with E-state index in [1.165, 1.54) is 41.1 Å². The molecule has 0 saturated carbocycles. The summed E-state index contributed by atoms with van der Waals surface area (Å²) >= 11 is 0. The van der Waals surface area contributed by atoms with Gasteiger partial charge in [0.15, 0.2) is 5.69 Å². The third-order valence-electron chi connectivity index (χ3n) is 5.59. The smallest absolute Gasteiger partial charge is 0.272 e. The lowest BCUT2D eigenvalue weighted by Gasteiger charge is -2.40. The molecule has 0 unspecified atom stereocenters. The second-order valence-electron chi connectivity index (χ2n) is 7.78. The highest BCUT2D eigenvalue weighted by atomic mass is 19.1. The molecule has 0 saturated heterocycles. The van der Waals surface area contributed by atoms with Gasteiger partial charge >= 0.3 is 0 Å². The van der Waals surface area contributed by atoms with Crippen molar-refractivity contribution in [3.8, 4) is 0 Å². The number of likely N-dealkylation sites (N-methyl/N-ethyl adjacent to an activating group) is 1. The number of nitrogens with one attached hydrogen (secondary N) is 2. The van der Waals surface area contributed by atoms with Gasteiger partial charge in [0.2, 0.25) is 5.91 Å². The van der Waals surface area contributed by atoms with E-state index < -0.39 is 17.4 Å². The molecule has 0 radical (unpaired) electrons. The Bertz CT molecular complexity index is 1160. The number of hydrogen-bond donors (Lipinski definition) is 2. The molecule has 3 amide bonds. The summed E-state index contributed by atoms with van der Waals surface area (Å²) in [5.41, 5.74) is -0.204. The zero-order valence-electron chi connectivity index (χ0n) is 17.6. The SMILES string of the molecule is CN1C(=O)c2cc(C(=O)NCc3ccco3)nn2C[C@]1(C)C(=O)NCc1ccc(F)cc1. The lowest BCUT2D eigenvalue weighted by molar-refractivity contribution is -0.132. The van der Waals surface area contributed by atoms with E-state index in [1.54, 1.807) is 31.2 Å². The van der Waals surface area contributed by atoms with Gasteiger partial charge < -0.3 is 20.0 Å². The number of fused-ring (bicyclic) bond motifs is 1. The molecule has 166 valence electrons. The Morgan fingerprint density at radius 1 is 1.19 bits per heavy atom. The molecule has 0 spiro atoms. The Balaban J connectivity index is 1.47. The molecule has 3 heterocycles. The van der Waals surface area contributed by atoms with Crippen LogP contribution in [-0.4, -0.2) is 45.0 Å². The molecule has 32 heavy (non-hydrogen) atoms. The minimum atomic E-state index is -1.22. The number of carbonyl (C=O) groups is 3. The summed E-state index contributed by atoms with van der Waals surface area (Å²) in [4.78, 5) is 39.7. The zero-order valence-corrected chi connectivity index (χ0v) is 17.6. The van der Waals surface area contributed by atoms with Crippen LogP contribution in [-0.2, 0) is 24.4 Å². The van der Waals surface area contributed by atoms with E-state index in [1.807, 2.05) is 0 Å². The largest absolute Gasteiger partial charge is 0.467 e. The summed E-state index contributed by atoms with van der Waals surface area (Å²) in [6.45, 7) is 2.08. The van der Waals surface area contributed by atoms with Crippen LogP contribution in [0.1, 0.15) is 39.2 Å². The van der Waals surface area contributed by atoms with Crippen molar-refractivity contribution < 1.29 is 23.2 Å². The van der Waals surface area contributed by atoms with Crippen molar-refractivity contribution >= 4 is 17.7 Å². The van der Waals surface area contributed by atoms with Crippen molar-refractivity contribution in [1.82, 2.24) is 25.3 Å². The van der Waals surface area contributed by atoms with Crippen LogP contribution in [0.2, 0.25) is 0 Å². The molecular formula is C22H22FN5O4. The summed E-state index contributed by atoms with van der Waals surface area (Å²) in [5, 5.41) is 9.72. The van der Waals surface area contributed by atoms with E-state index in [4.69, 9.17) is 4.42 Å². The fourth-order valence-corrected chi connectivity index (χ4v) is 3.48. The average Bonchev–Trinajstić information content (AvgIpc) is 3.45. The molecule has 0 bridgehead atoms. The monoisotopic (exact) mass is 439 g/mol. The molecule has 4 rings (SSSR count). The first kappa shape index (κ1) is 21.3. The van der Waals surface area contributed by atoms with Gasteiger partial charge in [-0.2, -0.15) is 5.10 Å². The number of rotatable bonds is 6. The third-order valence-corrected chi connectivity index (χ3v) is 5.59. The zero-order chi connectivity index (χ0) is 22.9. The fraction of sp³-hybridized carbons (Fsp3) is 0.273.